The van der Waals surface area contributed by atoms with Crippen molar-refractivity contribution >= 4 is 27.8 Å². The van der Waals surface area contributed by atoms with Crippen LogP contribution >= 0.6 is 0 Å². The first-order valence-corrected chi connectivity index (χ1v) is 7.04. The molecule has 2 aromatic heterocycles. The van der Waals surface area contributed by atoms with Crippen molar-refractivity contribution in [3.8, 4) is 0 Å². The fraction of sp³-hybridized carbons (Fsp3) is 0.0588. The van der Waals surface area contributed by atoms with Crippen LogP contribution < -0.4 is 11.3 Å². The van der Waals surface area contributed by atoms with Gasteiger partial charge in [-0.15, -0.1) is 0 Å². The van der Waals surface area contributed by atoms with Gasteiger partial charge in [-0.05, 0) is 22.4 Å². The molecule has 0 saturated carbocycles. The zero-order chi connectivity index (χ0) is 15.1. The summed E-state index contributed by atoms with van der Waals surface area (Å²) < 4.78 is 0. The molecule has 2 heterocycles. The third kappa shape index (κ3) is 2.13. The summed E-state index contributed by atoms with van der Waals surface area (Å²) in [5.74, 6) is 0.122. The van der Waals surface area contributed by atoms with Gasteiger partial charge in [0.05, 0.1) is 5.39 Å². The molecule has 5 heteroatoms. The molecule has 0 aliphatic carbocycles. The molecule has 4 aromatic rings. The summed E-state index contributed by atoms with van der Waals surface area (Å²) in [5, 5.41) is 2.95. The van der Waals surface area contributed by atoms with E-state index in [1.165, 1.54) is 16.3 Å². The molecule has 5 nitrogen and oxygen atoms in total. The third-order valence-corrected chi connectivity index (χ3v) is 3.78. The highest BCUT2D eigenvalue weighted by atomic mass is 16.1. The Bertz CT molecular complexity index is 1050. The van der Waals surface area contributed by atoms with Gasteiger partial charge < -0.3 is 10.7 Å². The summed E-state index contributed by atoms with van der Waals surface area (Å²) in [6, 6.07) is 16.4. The van der Waals surface area contributed by atoms with Crippen LogP contribution in [0, 0.1) is 0 Å². The van der Waals surface area contributed by atoms with Crippen LogP contribution in [0.1, 0.15) is 11.3 Å². The summed E-state index contributed by atoms with van der Waals surface area (Å²) in [5.41, 5.74) is 7.98. The Hall–Kier alpha value is -3.08. The first kappa shape index (κ1) is 12.6. The molecule has 4 N–H and O–H groups in total. The number of fused-ring (bicyclic) bond motifs is 2. The van der Waals surface area contributed by atoms with Gasteiger partial charge in [0, 0.05) is 12.1 Å². The summed E-state index contributed by atoms with van der Waals surface area (Å²) in [6.45, 7) is 0. The lowest BCUT2D eigenvalue weighted by molar-refractivity contribution is 1.11. The molecule has 0 atom stereocenters. The smallest absolute Gasteiger partial charge is 0.261 e. The average molecular weight is 290 g/mol. The van der Waals surface area contributed by atoms with Crippen LogP contribution in [0.15, 0.2) is 53.3 Å². The molecule has 2 aromatic carbocycles. The highest BCUT2D eigenvalue weighted by molar-refractivity contribution is 5.83. The molecule has 0 aliphatic rings. The highest BCUT2D eigenvalue weighted by Crippen LogP contribution is 2.19. The van der Waals surface area contributed by atoms with Gasteiger partial charge in [0.15, 0.2) is 0 Å². The molecule has 0 saturated heterocycles. The minimum atomic E-state index is -0.219. The molecule has 0 spiro atoms. The van der Waals surface area contributed by atoms with Crippen molar-refractivity contribution in [3.63, 3.8) is 0 Å². The van der Waals surface area contributed by atoms with E-state index in [2.05, 4.69) is 45.3 Å². The number of anilines is 1. The second kappa shape index (κ2) is 4.73. The van der Waals surface area contributed by atoms with Gasteiger partial charge in [0.2, 0.25) is 5.95 Å². The number of nitrogens with one attached hydrogen (secondary N) is 2. The van der Waals surface area contributed by atoms with E-state index in [4.69, 9.17) is 5.73 Å². The third-order valence-electron chi connectivity index (χ3n) is 3.78. The summed E-state index contributed by atoms with van der Waals surface area (Å²) in [6.07, 6.45) is 0.709. The first-order chi connectivity index (χ1) is 10.7. The largest absolute Gasteiger partial charge is 0.369 e. The van der Waals surface area contributed by atoms with Gasteiger partial charge in [-0.2, -0.15) is 4.98 Å². The Kier molecular flexibility index (Phi) is 2.72. The lowest BCUT2D eigenvalue weighted by Gasteiger charge is -2.02. The van der Waals surface area contributed by atoms with Gasteiger partial charge >= 0.3 is 0 Å². The molecule has 0 bridgehead atoms. The van der Waals surface area contributed by atoms with E-state index in [0.29, 0.717) is 17.5 Å². The Balaban J connectivity index is 1.75. The topological polar surface area (TPSA) is 87.6 Å². The maximum absolute atomic E-state index is 11.8. The molecule has 4 rings (SSSR count). The number of aromatic amines is 2. The maximum Gasteiger partial charge on any atom is 0.261 e. The van der Waals surface area contributed by atoms with Crippen LogP contribution in [0.3, 0.4) is 0 Å². The second-order valence-corrected chi connectivity index (χ2v) is 5.37. The molecule has 108 valence electrons. The van der Waals surface area contributed by atoms with E-state index in [-0.39, 0.29) is 11.5 Å². The zero-order valence-corrected chi connectivity index (χ0v) is 11.8. The lowest BCUT2D eigenvalue weighted by Crippen LogP contribution is -2.09. The van der Waals surface area contributed by atoms with Crippen LogP contribution in [0.4, 0.5) is 5.95 Å². The number of rotatable bonds is 2. The quantitative estimate of drug-likeness (QED) is 0.530. The van der Waals surface area contributed by atoms with Crippen molar-refractivity contribution < 1.29 is 0 Å². The van der Waals surface area contributed by atoms with Gasteiger partial charge in [-0.1, -0.05) is 42.5 Å². The number of hydrogen-bond donors (Lipinski definition) is 3. The number of H-pyrrole nitrogens is 2. The number of benzene rings is 2. The fourth-order valence-electron chi connectivity index (χ4n) is 2.76. The van der Waals surface area contributed by atoms with Gasteiger partial charge in [0.25, 0.3) is 5.56 Å². The summed E-state index contributed by atoms with van der Waals surface area (Å²) in [7, 11) is 0. The SMILES string of the molecule is Nc1nc2[nH]c(Cc3ccc4ccccc4c3)cc2c(=O)[nH]1. The van der Waals surface area contributed by atoms with E-state index in [1.807, 2.05) is 18.2 Å². The Labute approximate surface area is 125 Å². The van der Waals surface area contributed by atoms with E-state index in [0.717, 1.165) is 5.69 Å². The van der Waals surface area contributed by atoms with Crippen molar-refractivity contribution in [2.24, 2.45) is 0 Å². The van der Waals surface area contributed by atoms with Crippen LogP contribution in [-0.2, 0) is 6.42 Å². The normalized spacial score (nSPS) is 11.3. The fourth-order valence-corrected chi connectivity index (χ4v) is 2.76. The summed E-state index contributed by atoms with van der Waals surface area (Å²) in [4.78, 5) is 21.6. The number of nitrogens with zero attached hydrogens (tertiary/aromatic N) is 1. The van der Waals surface area contributed by atoms with E-state index < -0.39 is 0 Å². The van der Waals surface area contributed by atoms with Crippen LogP contribution in [0.2, 0.25) is 0 Å². The number of nitrogen functional groups attached to an aromatic ring is 1. The molecule has 0 unspecified atom stereocenters. The number of aromatic nitrogens is 3. The number of hydrogen-bond acceptors (Lipinski definition) is 3. The zero-order valence-electron chi connectivity index (χ0n) is 11.8. The highest BCUT2D eigenvalue weighted by Gasteiger charge is 2.07. The lowest BCUT2D eigenvalue weighted by atomic mass is 10.0. The predicted octanol–water partition coefficient (Wildman–Crippen LogP) is 2.58. The monoisotopic (exact) mass is 290 g/mol. The molecular formula is C17H14N4O. The molecule has 0 amide bonds. The molecule has 0 fully saturated rings. The van der Waals surface area contributed by atoms with Gasteiger partial charge in [-0.25, -0.2) is 0 Å². The van der Waals surface area contributed by atoms with Crippen LogP contribution in [-0.4, -0.2) is 15.0 Å². The van der Waals surface area contributed by atoms with E-state index >= 15 is 0 Å². The van der Waals surface area contributed by atoms with Crippen molar-refractivity contribution in [3.05, 3.63) is 70.1 Å². The van der Waals surface area contributed by atoms with Crippen LogP contribution in [0.25, 0.3) is 21.8 Å². The molecule has 0 radical (unpaired) electrons. The average Bonchev–Trinajstić information content (AvgIpc) is 2.90. The van der Waals surface area contributed by atoms with Crippen molar-refractivity contribution in [1.82, 2.24) is 15.0 Å². The number of nitrogens with two attached hydrogens (primary N) is 1. The molecule has 22 heavy (non-hydrogen) atoms. The maximum atomic E-state index is 11.8. The van der Waals surface area contributed by atoms with Crippen molar-refractivity contribution in [2.45, 2.75) is 6.42 Å². The predicted molar refractivity (Wildman–Crippen MR) is 87.9 cm³/mol. The Morgan fingerprint density at radius 2 is 1.82 bits per heavy atom. The van der Waals surface area contributed by atoms with Crippen molar-refractivity contribution in [2.75, 3.05) is 5.73 Å². The van der Waals surface area contributed by atoms with E-state index in [1.54, 1.807) is 0 Å². The van der Waals surface area contributed by atoms with Crippen LogP contribution in [0.5, 0.6) is 0 Å². The minimum absolute atomic E-state index is 0.122. The molecular weight excluding hydrogens is 276 g/mol. The van der Waals surface area contributed by atoms with Gasteiger partial charge in [-0.3, -0.25) is 9.78 Å². The van der Waals surface area contributed by atoms with Gasteiger partial charge in [0.1, 0.15) is 5.65 Å². The Morgan fingerprint density at radius 3 is 2.68 bits per heavy atom. The standard InChI is InChI=1S/C17H14N4O/c18-17-20-15-14(16(22)21-17)9-13(19-15)8-10-5-6-11-3-1-2-4-12(11)7-10/h1-7,9H,8H2,(H4,18,19,20,21,22). The Morgan fingerprint density at radius 1 is 1.00 bits per heavy atom. The van der Waals surface area contributed by atoms with Crippen molar-refractivity contribution in [1.29, 1.82) is 0 Å². The molecule has 0 aliphatic heterocycles. The first-order valence-electron chi connectivity index (χ1n) is 7.04. The second-order valence-electron chi connectivity index (χ2n) is 5.37. The summed E-state index contributed by atoms with van der Waals surface area (Å²) >= 11 is 0. The van der Waals surface area contributed by atoms with E-state index in [9.17, 15) is 4.79 Å². The minimum Gasteiger partial charge on any atom is -0.369 e.